The van der Waals surface area contributed by atoms with Crippen molar-refractivity contribution in [2.45, 2.75) is 16.9 Å². The van der Waals surface area contributed by atoms with Crippen LogP contribution in [0.15, 0.2) is 48.5 Å². The molecular weight excluding hydrogens is 448 g/mol. The minimum absolute atomic E-state index is 0.125. The lowest BCUT2D eigenvalue weighted by Crippen LogP contribution is -2.56. The van der Waals surface area contributed by atoms with Gasteiger partial charge in [-0.05, 0) is 67.7 Å². The molecule has 10 heteroatoms. The van der Waals surface area contributed by atoms with Gasteiger partial charge < -0.3 is 20.7 Å². The first kappa shape index (κ1) is 22.5. The fourth-order valence-corrected chi connectivity index (χ4v) is 2.68. The Labute approximate surface area is 182 Å². The third kappa shape index (κ3) is 6.98. The maximum atomic E-state index is 13.0. The van der Waals surface area contributed by atoms with Gasteiger partial charge in [0.2, 0.25) is 3.79 Å². The van der Waals surface area contributed by atoms with Crippen LogP contribution in [-0.4, -0.2) is 27.6 Å². The molecule has 2 aromatic rings. The minimum atomic E-state index is -1.90. The van der Waals surface area contributed by atoms with E-state index in [1.807, 2.05) is 6.92 Å². The summed E-state index contributed by atoms with van der Waals surface area (Å²) in [5, 5.41) is 8.31. The van der Waals surface area contributed by atoms with E-state index in [1.165, 1.54) is 12.1 Å². The van der Waals surface area contributed by atoms with Crippen LogP contribution in [-0.2, 0) is 0 Å². The number of hydrogen-bond donors (Lipinski definition) is 3. The quantitative estimate of drug-likeness (QED) is 0.330. The topological polar surface area (TPSA) is 62.4 Å². The molecule has 0 saturated carbocycles. The van der Waals surface area contributed by atoms with Crippen molar-refractivity contribution in [3.63, 3.8) is 0 Å². The van der Waals surface area contributed by atoms with Crippen molar-refractivity contribution in [2.75, 3.05) is 11.9 Å². The van der Waals surface area contributed by atoms with Crippen LogP contribution in [0, 0.1) is 5.82 Å². The summed E-state index contributed by atoms with van der Waals surface area (Å²) < 4.78 is 16.5. The molecule has 1 unspecified atom stereocenters. The normalized spacial score (nSPS) is 12.0. The van der Waals surface area contributed by atoms with Gasteiger partial charge >= 0.3 is 0 Å². The Hall–Kier alpha value is -1.80. The third-order valence-electron chi connectivity index (χ3n) is 3.41. The molecule has 0 aliphatic rings. The Morgan fingerprint density at radius 2 is 1.71 bits per heavy atom. The van der Waals surface area contributed by atoms with Gasteiger partial charge in [-0.15, -0.1) is 0 Å². The molecule has 0 spiro atoms. The van der Waals surface area contributed by atoms with Crippen LogP contribution in [0.4, 0.5) is 10.1 Å². The van der Waals surface area contributed by atoms with Crippen LogP contribution in [0.25, 0.3) is 0 Å². The molecule has 2 aromatic carbocycles. The van der Waals surface area contributed by atoms with Crippen molar-refractivity contribution in [3.8, 4) is 5.75 Å². The lowest BCUT2D eigenvalue weighted by atomic mass is 10.2. The van der Waals surface area contributed by atoms with Gasteiger partial charge in [0.25, 0.3) is 5.91 Å². The maximum absolute atomic E-state index is 13.0. The number of anilines is 1. The van der Waals surface area contributed by atoms with Crippen molar-refractivity contribution in [2.24, 2.45) is 0 Å². The largest absolute Gasteiger partial charge is 0.494 e. The van der Waals surface area contributed by atoms with Gasteiger partial charge in [0.1, 0.15) is 17.7 Å². The van der Waals surface area contributed by atoms with E-state index >= 15 is 0 Å². The summed E-state index contributed by atoms with van der Waals surface area (Å²) in [6.07, 6.45) is -1.14. The highest BCUT2D eigenvalue weighted by atomic mass is 35.6. The zero-order valence-corrected chi connectivity index (χ0v) is 17.7. The van der Waals surface area contributed by atoms with E-state index in [9.17, 15) is 9.18 Å². The summed E-state index contributed by atoms with van der Waals surface area (Å²) in [5.74, 6) is -0.307. The monoisotopic (exact) mass is 463 g/mol. The van der Waals surface area contributed by atoms with Crippen LogP contribution in [0.3, 0.4) is 0 Å². The second-order valence-electron chi connectivity index (χ2n) is 5.51. The molecule has 0 heterocycles. The van der Waals surface area contributed by atoms with Crippen LogP contribution in [0.2, 0.25) is 0 Å². The molecule has 0 aliphatic carbocycles. The van der Waals surface area contributed by atoms with Crippen molar-refractivity contribution >= 4 is 63.7 Å². The molecule has 0 saturated heterocycles. The van der Waals surface area contributed by atoms with E-state index in [1.54, 1.807) is 24.3 Å². The lowest BCUT2D eigenvalue weighted by Gasteiger charge is -2.27. The minimum Gasteiger partial charge on any atom is -0.494 e. The first-order valence-corrected chi connectivity index (χ1v) is 9.66. The predicted octanol–water partition coefficient (Wildman–Crippen LogP) is 4.64. The number of amides is 1. The highest BCUT2D eigenvalue weighted by Crippen LogP contribution is 2.29. The molecule has 1 atom stereocenters. The molecule has 0 bridgehead atoms. The Balaban J connectivity index is 2.01. The van der Waals surface area contributed by atoms with Crippen LogP contribution < -0.4 is 20.7 Å². The van der Waals surface area contributed by atoms with Gasteiger partial charge in [0.05, 0.1) is 6.61 Å². The fourth-order valence-electron chi connectivity index (χ4n) is 2.11. The highest BCUT2D eigenvalue weighted by Gasteiger charge is 2.34. The predicted molar refractivity (Wildman–Crippen MR) is 115 cm³/mol. The molecular formula is C18H17Cl3FN3O2S. The van der Waals surface area contributed by atoms with Gasteiger partial charge in [-0.3, -0.25) is 4.79 Å². The number of alkyl halides is 3. The standard InChI is InChI=1S/C18H17Cl3FN3O2S/c1-2-27-14-9-7-13(8-10-14)23-17(28)25-16(18(19,20)21)24-15(26)11-3-5-12(22)6-4-11/h3-10,16H,2H2,1H3,(H,24,26)(H2,23,25,28). The van der Waals surface area contributed by atoms with E-state index < -0.39 is 21.7 Å². The number of ether oxygens (including phenoxy) is 1. The van der Waals surface area contributed by atoms with Crippen LogP contribution in [0.5, 0.6) is 5.75 Å². The molecule has 150 valence electrons. The van der Waals surface area contributed by atoms with Crippen molar-refractivity contribution in [1.82, 2.24) is 10.6 Å². The average Bonchev–Trinajstić information content (AvgIpc) is 2.62. The highest BCUT2D eigenvalue weighted by molar-refractivity contribution is 7.80. The van der Waals surface area contributed by atoms with Gasteiger partial charge in [-0.1, -0.05) is 34.8 Å². The first-order chi connectivity index (χ1) is 13.2. The number of rotatable bonds is 6. The third-order valence-corrected chi connectivity index (χ3v) is 4.28. The molecule has 3 N–H and O–H groups in total. The van der Waals surface area contributed by atoms with Crippen LogP contribution in [0.1, 0.15) is 17.3 Å². The van der Waals surface area contributed by atoms with Crippen molar-refractivity contribution < 1.29 is 13.9 Å². The maximum Gasteiger partial charge on any atom is 0.252 e. The lowest BCUT2D eigenvalue weighted by molar-refractivity contribution is 0.0934. The smallest absolute Gasteiger partial charge is 0.252 e. The number of nitrogens with one attached hydrogen (secondary N) is 3. The number of halogens is 4. The number of thiocarbonyl (C=S) groups is 1. The Bertz CT molecular complexity index is 814. The Morgan fingerprint density at radius 3 is 2.25 bits per heavy atom. The molecule has 0 radical (unpaired) electrons. The Morgan fingerprint density at radius 1 is 1.11 bits per heavy atom. The summed E-state index contributed by atoms with van der Waals surface area (Å²) in [6.45, 7) is 2.45. The van der Waals surface area contributed by atoms with Crippen molar-refractivity contribution in [1.29, 1.82) is 0 Å². The second-order valence-corrected chi connectivity index (χ2v) is 8.29. The summed E-state index contributed by atoms with van der Waals surface area (Å²) >= 11 is 23.1. The molecule has 0 aliphatic heterocycles. The van der Waals surface area contributed by atoms with E-state index in [2.05, 4.69) is 16.0 Å². The van der Waals surface area contributed by atoms with Gasteiger partial charge in [0, 0.05) is 11.3 Å². The SMILES string of the molecule is CCOc1ccc(NC(=S)NC(NC(=O)c2ccc(F)cc2)C(Cl)(Cl)Cl)cc1. The summed E-state index contributed by atoms with van der Waals surface area (Å²) in [4.78, 5) is 12.3. The number of carbonyl (C=O) groups excluding carboxylic acids is 1. The molecule has 5 nitrogen and oxygen atoms in total. The van der Waals surface area contributed by atoms with E-state index in [0.29, 0.717) is 12.3 Å². The van der Waals surface area contributed by atoms with Crippen molar-refractivity contribution in [3.05, 3.63) is 59.9 Å². The summed E-state index contributed by atoms with van der Waals surface area (Å²) in [7, 11) is 0. The average molecular weight is 465 g/mol. The number of carbonyl (C=O) groups is 1. The van der Waals surface area contributed by atoms with Crippen LogP contribution >= 0.6 is 47.0 Å². The molecule has 2 rings (SSSR count). The van der Waals surface area contributed by atoms with E-state index in [-0.39, 0.29) is 10.7 Å². The zero-order valence-electron chi connectivity index (χ0n) is 14.6. The van der Waals surface area contributed by atoms with Gasteiger partial charge in [0.15, 0.2) is 5.11 Å². The molecule has 28 heavy (non-hydrogen) atoms. The molecule has 0 fully saturated rings. The molecule has 0 aromatic heterocycles. The van der Waals surface area contributed by atoms with E-state index in [0.717, 1.165) is 17.9 Å². The fraction of sp³-hybridized carbons (Fsp3) is 0.222. The zero-order chi connectivity index (χ0) is 20.7. The van der Waals surface area contributed by atoms with Gasteiger partial charge in [-0.2, -0.15) is 0 Å². The second kappa shape index (κ2) is 10.1. The van der Waals surface area contributed by atoms with Gasteiger partial charge in [-0.25, -0.2) is 4.39 Å². The van der Waals surface area contributed by atoms with E-state index in [4.69, 9.17) is 51.8 Å². The Kier molecular flexibility index (Phi) is 8.12. The summed E-state index contributed by atoms with van der Waals surface area (Å²) in [6, 6.07) is 12.0. The summed E-state index contributed by atoms with van der Waals surface area (Å²) in [5.41, 5.74) is 0.877. The molecule has 1 amide bonds. The number of benzene rings is 2. The first-order valence-electron chi connectivity index (χ1n) is 8.12. The number of hydrogen-bond acceptors (Lipinski definition) is 3.